The molecule has 0 aliphatic rings. The number of aromatic nitrogens is 1. The number of thiol groups is 2. The van der Waals surface area contributed by atoms with Crippen molar-refractivity contribution in [2.75, 3.05) is 6.26 Å². The molecule has 1 atom stereocenters. The fraction of sp³-hybridized carbons (Fsp3) is 0.583. The second kappa shape index (κ2) is 4.79. The first kappa shape index (κ1) is 12.9. The van der Waals surface area contributed by atoms with Crippen LogP contribution in [-0.4, -0.2) is 11.2 Å². The molecule has 0 saturated carbocycles. The third kappa shape index (κ3) is 3.72. The topological polar surface area (TPSA) is 12.9 Å². The van der Waals surface area contributed by atoms with Crippen LogP contribution in [0.25, 0.3) is 0 Å². The van der Waals surface area contributed by atoms with Crippen LogP contribution in [-0.2, 0) is 11.2 Å². The highest BCUT2D eigenvalue weighted by Crippen LogP contribution is 2.31. The Labute approximate surface area is 101 Å². The number of nitrogens with zero attached hydrogens (tertiary/aromatic N) is 1. The highest BCUT2D eigenvalue weighted by molar-refractivity contribution is 8.77. The van der Waals surface area contributed by atoms with E-state index in [2.05, 4.69) is 56.7 Å². The number of aryl methyl sites for hydroxylation is 1. The van der Waals surface area contributed by atoms with Crippen LogP contribution < -0.4 is 0 Å². The van der Waals surface area contributed by atoms with Crippen molar-refractivity contribution in [2.24, 2.45) is 0 Å². The van der Waals surface area contributed by atoms with Crippen LogP contribution in [0.1, 0.15) is 37.6 Å². The van der Waals surface area contributed by atoms with Crippen LogP contribution in [0.2, 0.25) is 0 Å². The highest BCUT2D eigenvalue weighted by atomic mass is 33.1. The zero-order valence-electron chi connectivity index (χ0n) is 10.2. The molecule has 1 aromatic heterocycles. The number of hydrogen-bond donors (Lipinski definition) is 2. The molecule has 0 saturated heterocycles. The van der Waals surface area contributed by atoms with E-state index in [1.165, 1.54) is 16.8 Å². The SMILES string of the molecule is Cc1cc(C[SH](C)S)ncc1C(C)(C)C. The van der Waals surface area contributed by atoms with Crippen molar-refractivity contribution in [2.45, 2.75) is 38.9 Å². The lowest BCUT2D eigenvalue weighted by Gasteiger charge is -2.21. The standard InChI is InChI=1S/C12H21NS2/c1-9-6-10(8-15(5)14)13-7-11(9)12(2,3)4/h6-7,14-15H,8H2,1-5H3. The van der Waals surface area contributed by atoms with Gasteiger partial charge in [0.05, 0.1) is 0 Å². The van der Waals surface area contributed by atoms with Crippen molar-refractivity contribution in [1.29, 1.82) is 0 Å². The molecule has 0 aliphatic carbocycles. The Bertz CT molecular complexity index is 340. The Hall–Kier alpha value is -0.150. The van der Waals surface area contributed by atoms with Gasteiger partial charge in [-0.3, -0.25) is 4.98 Å². The molecule has 0 N–H and O–H groups in total. The molecule has 0 aliphatic heterocycles. The minimum Gasteiger partial charge on any atom is -0.260 e. The van der Waals surface area contributed by atoms with E-state index in [0.717, 1.165) is 5.75 Å². The van der Waals surface area contributed by atoms with E-state index in [1.807, 2.05) is 6.20 Å². The first-order chi connectivity index (χ1) is 6.80. The zero-order chi connectivity index (χ0) is 11.6. The summed E-state index contributed by atoms with van der Waals surface area (Å²) in [5, 5.41) is 0. The molecule has 15 heavy (non-hydrogen) atoms. The van der Waals surface area contributed by atoms with Crippen LogP contribution >= 0.6 is 21.6 Å². The zero-order valence-corrected chi connectivity index (χ0v) is 12.0. The molecule has 0 bridgehead atoms. The van der Waals surface area contributed by atoms with E-state index in [4.69, 9.17) is 0 Å². The van der Waals surface area contributed by atoms with Gasteiger partial charge in [0, 0.05) is 17.6 Å². The predicted molar refractivity (Wildman–Crippen MR) is 75.3 cm³/mol. The van der Waals surface area contributed by atoms with Crippen molar-refractivity contribution in [3.63, 3.8) is 0 Å². The predicted octanol–water partition coefficient (Wildman–Crippen LogP) is 3.66. The average molecular weight is 243 g/mol. The summed E-state index contributed by atoms with van der Waals surface area (Å²) >= 11 is 4.45. The molecule has 0 spiro atoms. The largest absolute Gasteiger partial charge is 0.260 e. The average Bonchev–Trinajstić information content (AvgIpc) is 1.99. The lowest BCUT2D eigenvalue weighted by molar-refractivity contribution is 0.582. The second-order valence-corrected chi connectivity index (χ2v) is 8.74. The van der Waals surface area contributed by atoms with E-state index in [9.17, 15) is 0 Å². The molecule has 0 amide bonds. The fourth-order valence-corrected chi connectivity index (χ4v) is 2.80. The molecular weight excluding hydrogens is 222 g/mol. The Balaban J connectivity index is 2.99. The van der Waals surface area contributed by atoms with Crippen LogP contribution in [0.4, 0.5) is 0 Å². The van der Waals surface area contributed by atoms with Gasteiger partial charge in [-0.05, 0) is 35.8 Å². The van der Waals surface area contributed by atoms with Gasteiger partial charge >= 0.3 is 0 Å². The summed E-state index contributed by atoms with van der Waals surface area (Å²) < 4.78 is 0. The first-order valence-electron chi connectivity index (χ1n) is 5.16. The quantitative estimate of drug-likeness (QED) is 0.597. The summed E-state index contributed by atoms with van der Waals surface area (Å²) in [6, 6.07) is 2.20. The van der Waals surface area contributed by atoms with Crippen molar-refractivity contribution in [3.8, 4) is 0 Å². The summed E-state index contributed by atoms with van der Waals surface area (Å²) in [6.07, 6.45) is 4.18. The number of rotatable bonds is 2. The number of pyridine rings is 1. The van der Waals surface area contributed by atoms with Gasteiger partial charge < -0.3 is 0 Å². The van der Waals surface area contributed by atoms with Gasteiger partial charge in [0.2, 0.25) is 0 Å². The molecule has 1 rings (SSSR count). The molecule has 3 heteroatoms. The van der Waals surface area contributed by atoms with Crippen LogP contribution in [0, 0.1) is 6.92 Å². The minimum absolute atomic E-state index is 0.188. The molecular formula is C12H21NS2. The van der Waals surface area contributed by atoms with Gasteiger partial charge in [-0.15, -0.1) is 11.7 Å². The summed E-state index contributed by atoms with van der Waals surface area (Å²) in [4.78, 5) is 4.51. The molecule has 0 fully saturated rings. The molecule has 1 heterocycles. The molecule has 1 unspecified atom stereocenters. The summed E-state index contributed by atoms with van der Waals surface area (Å²) in [6.45, 7) is 8.84. The maximum atomic E-state index is 4.51. The first-order valence-corrected chi connectivity index (χ1v) is 8.29. The minimum atomic E-state index is -0.195. The Morgan fingerprint density at radius 1 is 1.40 bits per heavy atom. The van der Waals surface area contributed by atoms with Gasteiger partial charge in [-0.1, -0.05) is 20.8 Å². The third-order valence-corrected chi connectivity index (χ3v) is 3.57. The molecule has 0 aromatic carbocycles. The highest BCUT2D eigenvalue weighted by Gasteiger charge is 2.16. The second-order valence-electron chi connectivity index (χ2n) is 5.06. The third-order valence-electron chi connectivity index (χ3n) is 2.37. The molecule has 0 radical (unpaired) electrons. The van der Waals surface area contributed by atoms with E-state index < -0.39 is 0 Å². The molecule has 1 nitrogen and oxygen atoms in total. The van der Waals surface area contributed by atoms with Crippen molar-refractivity contribution in [1.82, 2.24) is 4.98 Å². The number of hydrogen-bond acceptors (Lipinski definition) is 2. The molecule has 86 valence electrons. The van der Waals surface area contributed by atoms with Crippen molar-refractivity contribution < 1.29 is 0 Å². The van der Waals surface area contributed by atoms with Crippen LogP contribution in [0.5, 0.6) is 0 Å². The van der Waals surface area contributed by atoms with E-state index in [1.54, 1.807) is 0 Å². The normalized spacial score (nSPS) is 15.2. The Morgan fingerprint density at radius 3 is 2.40 bits per heavy atom. The van der Waals surface area contributed by atoms with Gasteiger partial charge in [0.25, 0.3) is 0 Å². The Morgan fingerprint density at radius 2 is 2.00 bits per heavy atom. The van der Waals surface area contributed by atoms with Crippen LogP contribution in [0.15, 0.2) is 12.3 Å². The summed E-state index contributed by atoms with van der Waals surface area (Å²) in [5.74, 6) is 1.00. The van der Waals surface area contributed by atoms with Crippen LogP contribution in [0.3, 0.4) is 0 Å². The van der Waals surface area contributed by atoms with E-state index in [-0.39, 0.29) is 15.3 Å². The Kier molecular flexibility index (Phi) is 4.13. The van der Waals surface area contributed by atoms with Crippen molar-refractivity contribution >= 4 is 21.6 Å². The summed E-state index contributed by atoms with van der Waals surface area (Å²) in [7, 11) is -0.195. The molecule has 1 aromatic rings. The van der Waals surface area contributed by atoms with Gasteiger partial charge in [0.15, 0.2) is 0 Å². The van der Waals surface area contributed by atoms with Crippen molar-refractivity contribution in [3.05, 3.63) is 29.1 Å². The smallest absolute Gasteiger partial charge is 0.0495 e. The van der Waals surface area contributed by atoms with Gasteiger partial charge in [0.1, 0.15) is 0 Å². The van der Waals surface area contributed by atoms with E-state index >= 15 is 0 Å². The monoisotopic (exact) mass is 243 g/mol. The van der Waals surface area contributed by atoms with Gasteiger partial charge in [-0.2, -0.15) is 0 Å². The summed E-state index contributed by atoms with van der Waals surface area (Å²) in [5.41, 5.74) is 4.04. The van der Waals surface area contributed by atoms with E-state index in [0.29, 0.717) is 0 Å². The fourth-order valence-electron chi connectivity index (χ4n) is 1.72. The lowest BCUT2D eigenvalue weighted by Crippen LogP contribution is -2.14. The maximum Gasteiger partial charge on any atom is 0.0495 e. The van der Waals surface area contributed by atoms with Gasteiger partial charge in [-0.25, -0.2) is 9.93 Å². The maximum absolute atomic E-state index is 4.51. The lowest BCUT2D eigenvalue weighted by atomic mass is 9.85.